The molecule has 2 aliphatic rings. The first kappa shape index (κ1) is 14.4. The van der Waals surface area contributed by atoms with E-state index in [1.807, 2.05) is 6.07 Å². The molecule has 20 heavy (non-hydrogen) atoms. The van der Waals surface area contributed by atoms with E-state index in [1.165, 1.54) is 18.4 Å². The molecule has 1 heterocycles. The first-order chi connectivity index (χ1) is 9.53. The molecule has 1 aliphatic heterocycles. The van der Waals surface area contributed by atoms with Crippen LogP contribution < -0.4 is 10.2 Å². The molecule has 0 unspecified atom stereocenters. The van der Waals surface area contributed by atoms with Crippen molar-refractivity contribution in [3.63, 3.8) is 0 Å². The fourth-order valence-electron chi connectivity index (χ4n) is 2.48. The van der Waals surface area contributed by atoms with Gasteiger partial charge in [-0.25, -0.2) is 8.42 Å². The van der Waals surface area contributed by atoms with Crippen LogP contribution in [-0.4, -0.2) is 39.1 Å². The number of nitrogens with zero attached hydrogens (tertiary/aromatic N) is 1. The smallest absolute Gasteiger partial charge is 0.153 e. The second-order valence-electron chi connectivity index (χ2n) is 5.57. The normalized spacial score (nSPS) is 21.9. The van der Waals surface area contributed by atoms with E-state index in [9.17, 15) is 8.42 Å². The highest BCUT2D eigenvalue weighted by atomic mass is 79.9. The van der Waals surface area contributed by atoms with Crippen molar-refractivity contribution in [2.75, 3.05) is 29.5 Å². The van der Waals surface area contributed by atoms with Crippen molar-refractivity contribution in [3.8, 4) is 0 Å². The van der Waals surface area contributed by atoms with E-state index in [2.05, 4.69) is 38.3 Å². The minimum absolute atomic E-state index is 0.259. The van der Waals surface area contributed by atoms with Crippen LogP contribution in [0.2, 0.25) is 0 Å². The molecule has 3 rings (SSSR count). The van der Waals surface area contributed by atoms with Crippen LogP contribution in [0.25, 0.3) is 0 Å². The molecule has 1 saturated heterocycles. The average molecular weight is 359 g/mol. The number of anilines is 1. The number of hydrogen-bond acceptors (Lipinski definition) is 4. The Morgan fingerprint density at radius 1 is 1.25 bits per heavy atom. The minimum atomic E-state index is -2.83. The Morgan fingerprint density at radius 2 is 1.95 bits per heavy atom. The summed E-state index contributed by atoms with van der Waals surface area (Å²) in [5, 5.41) is 3.53. The van der Waals surface area contributed by atoms with Crippen molar-refractivity contribution < 1.29 is 8.42 Å². The highest BCUT2D eigenvalue weighted by Crippen LogP contribution is 2.28. The monoisotopic (exact) mass is 358 g/mol. The van der Waals surface area contributed by atoms with Gasteiger partial charge in [0.05, 0.1) is 11.5 Å². The molecule has 0 radical (unpaired) electrons. The van der Waals surface area contributed by atoms with Gasteiger partial charge in [-0.3, -0.25) is 0 Å². The topological polar surface area (TPSA) is 49.4 Å². The molecule has 1 aromatic rings. The van der Waals surface area contributed by atoms with Crippen LogP contribution in [-0.2, 0) is 16.4 Å². The largest absolute Gasteiger partial charge is 0.369 e. The highest BCUT2D eigenvalue weighted by molar-refractivity contribution is 9.10. The Hall–Kier alpha value is -0.590. The Morgan fingerprint density at radius 3 is 2.60 bits per heavy atom. The van der Waals surface area contributed by atoms with E-state index in [0.717, 1.165) is 16.7 Å². The summed E-state index contributed by atoms with van der Waals surface area (Å²) < 4.78 is 24.1. The number of hydrogen-bond donors (Lipinski definition) is 1. The minimum Gasteiger partial charge on any atom is -0.369 e. The van der Waals surface area contributed by atoms with E-state index >= 15 is 0 Å². The van der Waals surface area contributed by atoms with Crippen molar-refractivity contribution in [2.45, 2.75) is 25.4 Å². The Labute approximate surface area is 128 Å². The maximum atomic E-state index is 11.6. The third kappa shape index (κ3) is 3.54. The van der Waals surface area contributed by atoms with Crippen LogP contribution in [0.5, 0.6) is 0 Å². The van der Waals surface area contributed by atoms with Crippen LogP contribution in [0.15, 0.2) is 22.7 Å². The SMILES string of the molecule is O=S1(=O)CCN(c2cc(Br)ccc2CNC2CC2)CC1. The van der Waals surface area contributed by atoms with Gasteiger partial charge in [0.25, 0.3) is 0 Å². The molecular formula is C14H19BrN2O2S. The van der Waals surface area contributed by atoms with Gasteiger partial charge in [-0.2, -0.15) is 0 Å². The quantitative estimate of drug-likeness (QED) is 0.893. The van der Waals surface area contributed by atoms with Crippen LogP contribution in [0.3, 0.4) is 0 Å². The molecule has 2 fully saturated rings. The predicted molar refractivity (Wildman–Crippen MR) is 84.9 cm³/mol. The molecule has 1 aliphatic carbocycles. The van der Waals surface area contributed by atoms with Crippen molar-refractivity contribution in [1.29, 1.82) is 0 Å². The summed E-state index contributed by atoms with van der Waals surface area (Å²) in [5.74, 6) is 0.518. The van der Waals surface area contributed by atoms with Crippen molar-refractivity contribution in [3.05, 3.63) is 28.2 Å². The Kier molecular flexibility index (Phi) is 4.06. The number of benzene rings is 1. The van der Waals surface area contributed by atoms with Gasteiger partial charge in [0.2, 0.25) is 0 Å². The van der Waals surface area contributed by atoms with Gasteiger partial charge < -0.3 is 10.2 Å². The maximum absolute atomic E-state index is 11.6. The summed E-state index contributed by atoms with van der Waals surface area (Å²) in [6.07, 6.45) is 2.54. The summed E-state index contributed by atoms with van der Waals surface area (Å²) >= 11 is 3.51. The zero-order valence-corrected chi connectivity index (χ0v) is 13.7. The lowest BCUT2D eigenvalue weighted by Crippen LogP contribution is -2.41. The number of sulfone groups is 1. The fraction of sp³-hybridized carbons (Fsp3) is 0.571. The van der Waals surface area contributed by atoms with Crippen LogP contribution in [0, 0.1) is 0 Å². The maximum Gasteiger partial charge on any atom is 0.153 e. The summed E-state index contributed by atoms with van der Waals surface area (Å²) in [4.78, 5) is 2.19. The summed E-state index contributed by atoms with van der Waals surface area (Å²) in [5.41, 5.74) is 2.40. The summed E-state index contributed by atoms with van der Waals surface area (Å²) in [6, 6.07) is 6.95. The van der Waals surface area contributed by atoms with E-state index in [4.69, 9.17) is 0 Å². The van der Waals surface area contributed by atoms with Crippen LogP contribution in [0.4, 0.5) is 5.69 Å². The second-order valence-corrected chi connectivity index (χ2v) is 8.79. The lowest BCUT2D eigenvalue weighted by molar-refractivity contribution is 0.586. The second kappa shape index (κ2) is 5.66. The lowest BCUT2D eigenvalue weighted by atomic mass is 10.1. The molecule has 0 amide bonds. The van der Waals surface area contributed by atoms with Gasteiger partial charge in [0.1, 0.15) is 0 Å². The highest BCUT2D eigenvalue weighted by Gasteiger charge is 2.24. The van der Waals surface area contributed by atoms with E-state index in [-0.39, 0.29) is 11.5 Å². The van der Waals surface area contributed by atoms with Gasteiger partial charge in [0, 0.05) is 35.8 Å². The lowest BCUT2D eigenvalue weighted by Gasteiger charge is -2.30. The number of rotatable bonds is 4. The molecule has 6 heteroatoms. The number of nitrogens with one attached hydrogen (secondary N) is 1. The van der Waals surface area contributed by atoms with Crippen LogP contribution in [0.1, 0.15) is 18.4 Å². The van der Waals surface area contributed by atoms with Crippen molar-refractivity contribution in [1.82, 2.24) is 5.32 Å². The first-order valence-electron chi connectivity index (χ1n) is 7.01. The summed E-state index contributed by atoms with van der Waals surface area (Å²) in [6.45, 7) is 2.04. The molecule has 1 saturated carbocycles. The first-order valence-corrected chi connectivity index (χ1v) is 9.62. The van der Waals surface area contributed by atoms with Crippen LogP contribution >= 0.6 is 15.9 Å². The molecule has 110 valence electrons. The molecule has 0 atom stereocenters. The molecule has 4 nitrogen and oxygen atoms in total. The van der Waals surface area contributed by atoms with E-state index in [0.29, 0.717) is 19.1 Å². The van der Waals surface area contributed by atoms with Gasteiger partial charge in [-0.1, -0.05) is 22.0 Å². The fourth-order valence-corrected chi connectivity index (χ4v) is 4.03. The zero-order chi connectivity index (χ0) is 14.2. The van der Waals surface area contributed by atoms with Crippen molar-refractivity contribution in [2.24, 2.45) is 0 Å². The van der Waals surface area contributed by atoms with E-state index in [1.54, 1.807) is 0 Å². The third-order valence-corrected chi connectivity index (χ3v) is 5.99. The molecule has 1 aromatic carbocycles. The molecule has 0 aromatic heterocycles. The van der Waals surface area contributed by atoms with Gasteiger partial charge in [-0.15, -0.1) is 0 Å². The van der Waals surface area contributed by atoms with Crippen molar-refractivity contribution >= 4 is 31.5 Å². The average Bonchev–Trinajstić information content (AvgIpc) is 3.21. The van der Waals surface area contributed by atoms with Gasteiger partial charge in [0.15, 0.2) is 9.84 Å². The Bertz CT molecular complexity index is 585. The predicted octanol–water partition coefficient (Wildman–Crippen LogP) is 1.94. The van der Waals surface area contributed by atoms with Gasteiger partial charge >= 0.3 is 0 Å². The molecular weight excluding hydrogens is 340 g/mol. The zero-order valence-electron chi connectivity index (χ0n) is 11.3. The molecule has 0 bridgehead atoms. The van der Waals surface area contributed by atoms with E-state index < -0.39 is 9.84 Å². The summed E-state index contributed by atoms with van der Waals surface area (Å²) in [7, 11) is -2.83. The Balaban J connectivity index is 1.77. The molecule has 1 N–H and O–H groups in total. The molecule has 0 spiro atoms. The third-order valence-electron chi connectivity index (χ3n) is 3.89. The number of halogens is 1. The standard InChI is InChI=1S/C14H19BrN2O2S/c15-12-2-1-11(10-16-13-3-4-13)14(9-12)17-5-7-20(18,19)8-6-17/h1-2,9,13,16H,3-8,10H2. The van der Waals surface area contributed by atoms with Gasteiger partial charge in [-0.05, 0) is 30.5 Å².